The predicted octanol–water partition coefficient (Wildman–Crippen LogP) is 0.967. The molecular weight excluding hydrogens is 264 g/mol. The van der Waals surface area contributed by atoms with E-state index in [1.807, 2.05) is 0 Å². The van der Waals surface area contributed by atoms with E-state index < -0.39 is 12.4 Å². The lowest BCUT2D eigenvalue weighted by Crippen LogP contribution is -2.20. The first-order chi connectivity index (χ1) is 9.63. The summed E-state index contributed by atoms with van der Waals surface area (Å²) in [4.78, 5) is 11.4. The van der Waals surface area contributed by atoms with Crippen molar-refractivity contribution in [3.63, 3.8) is 0 Å². The van der Waals surface area contributed by atoms with Gasteiger partial charge in [0, 0.05) is 20.0 Å². The molecule has 0 spiro atoms. The zero-order chi connectivity index (χ0) is 15.4. The first-order valence-electron chi connectivity index (χ1n) is 7.25. The number of unbranched alkanes of at least 4 members (excludes halogenated alkanes) is 4. The van der Waals surface area contributed by atoms with Crippen LogP contribution >= 0.6 is 0 Å². The smallest absolute Gasteiger partial charge is 0.305 e. The Morgan fingerprint density at radius 2 is 1.85 bits per heavy atom. The molecule has 0 bridgehead atoms. The van der Waals surface area contributed by atoms with Gasteiger partial charge in [0.05, 0.1) is 6.10 Å². The molecule has 3 N–H and O–H groups in total. The fourth-order valence-electron chi connectivity index (χ4n) is 1.97. The van der Waals surface area contributed by atoms with Gasteiger partial charge in [0.1, 0.15) is 12.7 Å². The Bertz CT molecular complexity index is 236. The molecule has 0 saturated carbocycles. The van der Waals surface area contributed by atoms with E-state index in [-0.39, 0.29) is 18.7 Å². The van der Waals surface area contributed by atoms with Gasteiger partial charge in [0.2, 0.25) is 0 Å². The summed E-state index contributed by atoms with van der Waals surface area (Å²) in [6.45, 7) is 2.26. The van der Waals surface area contributed by atoms with Crippen molar-refractivity contribution in [1.29, 1.82) is 0 Å². The highest BCUT2D eigenvalue weighted by molar-refractivity contribution is 5.69. The average molecular weight is 292 g/mol. The van der Waals surface area contributed by atoms with Crippen molar-refractivity contribution in [2.24, 2.45) is 0 Å². The fraction of sp³-hybridized carbons (Fsp3) is 0.929. The topological polar surface area (TPSA) is 96.2 Å². The largest absolute Gasteiger partial charge is 0.463 e. The third-order valence-corrected chi connectivity index (χ3v) is 3.08. The molecule has 0 aromatic heterocycles. The van der Waals surface area contributed by atoms with Gasteiger partial charge in [-0.3, -0.25) is 4.79 Å². The number of rotatable bonds is 8. The van der Waals surface area contributed by atoms with Crippen LogP contribution in [0.1, 0.15) is 51.9 Å². The Morgan fingerprint density at radius 1 is 1.20 bits per heavy atom. The molecule has 0 aromatic rings. The third-order valence-electron chi connectivity index (χ3n) is 3.08. The fourth-order valence-corrected chi connectivity index (χ4v) is 1.97. The first-order valence-corrected chi connectivity index (χ1v) is 7.25. The molecule has 3 atom stereocenters. The highest BCUT2D eigenvalue weighted by atomic mass is 16.6. The lowest BCUT2D eigenvalue weighted by molar-refractivity contribution is -0.157. The SMILES string of the molecule is CCCCCCCC(=O)OC[C@@H]1C[C@H](O)[C@H](O)O1.CO. The molecular formula is C14H28O6. The molecule has 0 amide bonds. The zero-order valence-electron chi connectivity index (χ0n) is 12.5. The lowest BCUT2D eigenvalue weighted by atomic mass is 10.1. The van der Waals surface area contributed by atoms with Gasteiger partial charge in [-0.05, 0) is 6.42 Å². The summed E-state index contributed by atoms with van der Waals surface area (Å²) in [7, 11) is 1.00. The van der Waals surface area contributed by atoms with E-state index in [9.17, 15) is 9.90 Å². The van der Waals surface area contributed by atoms with Crippen LogP contribution in [0.25, 0.3) is 0 Å². The van der Waals surface area contributed by atoms with Gasteiger partial charge in [-0.2, -0.15) is 0 Å². The van der Waals surface area contributed by atoms with Crippen LogP contribution in [0.5, 0.6) is 0 Å². The highest BCUT2D eigenvalue weighted by Crippen LogP contribution is 2.18. The Hall–Kier alpha value is -0.690. The van der Waals surface area contributed by atoms with Gasteiger partial charge in [-0.25, -0.2) is 0 Å². The molecule has 6 heteroatoms. The van der Waals surface area contributed by atoms with Gasteiger partial charge in [0.15, 0.2) is 6.29 Å². The van der Waals surface area contributed by atoms with Crippen LogP contribution in [0.4, 0.5) is 0 Å². The molecule has 0 aliphatic carbocycles. The van der Waals surface area contributed by atoms with Crippen LogP contribution in [0.15, 0.2) is 0 Å². The van der Waals surface area contributed by atoms with Crippen LogP contribution < -0.4 is 0 Å². The normalized spacial score (nSPS) is 24.9. The van der Waals surface area contributed by atoms with Crippen LogP contribution in [-0.2, 0) is 14.3 Å². The number of carbonyl (C=O) groups is 1. The quantitative estimate of drug-likeness (QED) is 0.455. The maximum Gasteiger partial charge on any atom is 0.305 e. The Labute approximate surface area is 120 Å². The Balaban J connectivity index is 0.00000172. The maximum atomic E-state index is 11.4. The molecule has 0 unspecified atom stereocenters. The maximum absolute atomic E-state index is 11.4. The van der Waals surface area contributed by atoms with Gasteiger partial charge in [0.25, 0.3) is 0 Å². The van der Waals surface area contributed by atoms with E-state index in [0.29, 0.717) is 12.8 Å². The van der Waals surface area contributed by atoms with E-state index in [1.165, 1.54) is 12.8 Å². The molecule has 0 radical (unpaired) electrons. The van der Waals surface area contributed by atoms with Gasteiger partial charge >= 0.3 is 5.97 Å². The van der Waals surface area contributed by atoms with E-state index in [1.54, 1.807) is 0 Å². The molecule has 1 aliphatic rings. The average Bonchev–Trinajstić information content (AvgIpc) is 2.77. The minimum Gasteiger partial charge on any atom is -0.463 e. The van der Waals surface area contributed by atoms with Crippen molar-refractivity contribution in [3.8, 4) is 0 Å². The molecule has 120 valence electrons. The van der Waals surface area contributed by atoms with Crippen molar-refractivity contribution < 1.29 is 29.6 Å². The molecule has 1 aliphatic heterocycles. The summed E-state index contributed by atoms with van der Waals surface area (Å²) in [6.07, 6.45) is 3.80. The molecule has 1 fully saturated rings. The van der Waals surface area contributed by atoms with Crippen LogP contribution in [0, 0.1) is 0 Å². The second-order valence-corrected chi connectivity index (χ2v) is 4.80. The molecule has 1 heterocycles. The number of ether oxygens (including phenoxy) is 2. The molecule has 0 aromatic carbocycles. The molecule has 1 rings (SSSR count). The summed E-state index contributed by atoms with van der Waals surface area (Å²) in [5.41, 5.74) is 0. The highest BCUT2D eigenvalue weighted by Gasteiger charge is 2.32. The summed E-state index contributed by atoms with van der Waals surface area (Å²) < 4.78 is 10.1. The van der Waals surface area contributed by atoms with Crippen molar-refractivity contribution in [2.45, 2.75) is 70.4 Å². The second kappa shape index (κ2) is 12.1. The van der Waals surface area contributed by atoms with E-state index in [0.717, 1.165) is 26.4 Å². The monoisotopic (exact) mass is 292 g/mol. The molecule has 20 heavy (non-hydrogen) atoms. The van der Waals surface area contributed by atoms with E-state index in [4.69, 9.17) is 19.7 Å². The Morgan fingerprint density at radius 3 is 2.40 bits per heavy atom. The summed E-state index contributed by atoms with van der Waals surface area (Å²) in [5.74, 6) is -0.231. The van der Waals surface area contributed by atoms with Crippen molar-refractivity contribution in [2.75, 3.05) is 13.7 Å². The molecule has 1 saturated heterocycles. The Kier molecular flexibility index (Phi) is 11.7. The van der Waals surface area contributed by atoms with Crippen molar-refractivity contribution >= 4 is 5.97 Å². The minimum absolute atomic E-state index is 0.113. The number of hydrogen-bond acceptors (Lipinski definition) is 6. The standard InChI is InChI=1S/C13H24O5.CH4O/c1-2-3-4-5-6-7-12(15)17-9-10-8-11(14)13(16)18-10;1-2/h10-11,13-14,16H,2-9H2,1H3;2H,1H3/t10-,11-,13+;/m0./s1. The van der Waals surface area contributed by atoms with Crippen LogP contribution in [0.3, 0.4) is 0 Å². The lowest BCUT2D eigenvalue weighted by Gasteiger charge is -2.10. The van der Waals surface area contributed by atoms with Gasteiger partial charge < -0.3 is 24.8 Å². The van der Waals surface area contributed by atoms with Gasteiger partial charge in [-0.1, -0.05) is 32.6 Å². The minimum atomic E-state index is -1.15. The molecule has 6 nitrogen and oxygen atoms in total. The summed E-state index contributed by atoms with van der Waals surface area (Å²) in [5, 5.41) is 25.4. The number of carbonyl (C=O) groups excluding carboxylic acids is 1. The number of aliphatic hydroxyl groups excluding tert-OH is 3. The van der Waals surface area contributed by atoms with E-state index >= 15 is 0 Å². The van der Waals surface area contributed by atoms with Crippen molar-refractivity contribution in [1.82, 2.24) is 0 Å². The first kappa shape index (κ1) is 19.3. The van der Waals surface area contributed by atoms with Crippen LogP contribution in [0.2, 0.25) is 0 Å². The number of hydrogen-bond donors (Lipinski definition) is 3. The van der Waals surface area contributed by atoms with Crippen LogP contribution in [-0.4, -0.2) is 53.5 Å². The zero-order valence-corrected chi connectivity index (χ0v) is 12.5. The summed E-state index contributed by atoms with van der Waals surface area (Å²) >= 11 is 0. The third kappa shape index (κ3) is 8.47. The second-order valence-electron chi connectivity index (χ2n) is 4.80. The number of aliphatic hydroxyl groups is 3. The van der Waals surface area contributed by atoms with Gasteiger partial charge in [-0.15, -0.1) is 0 Å². The predicted molar refractivity (Wildman–Crippen MR) is 74.0 cm³/mol. The van der Waals surface area contributed by atoms with E-state index in [2.05, 4.69) is 6.92 Å². The summed E-state index contributed by atoms with van der Waals surface area (Å²) in [6, 6.07) is 0. The van der Waals surface area contributed by atoms with Crippen molar-refractivity contribution in [3.05, 3.63) is 0 Å². The number of esters is 1.